The fourth-order valence-corrected chi connectivity index (χ4v) is 28.8. The largest absolute Gasteiger partial charge is 0.497 e. The highest BCUT2D eigenvalue weighted by molar-refractivity contribution is 7.00. The third-order valence-electron chi connectivity index (χ3n) is 22.3. The zero-order chi connectivity index (χ0) is 74.1. The number of nitrogens with two attached hydrogens (primary N) is 2. The molecule has 0 spiro atoms. The second-order valence-corrected chi connectivity index (χ2v) is 47.8. The molecule has 0 amide bonds. The molecular weight excluding hydrogens is 1340 g/mol. The first kappa shape index (κ1) is 71.8. The molecule has 4 aliphatic carbocycles. The zero-order valence-electron chi connectivity index (χ0n) is 62.8. The fraction of sp³-hybridized carbons (Fsp3) is 0.174. The van der Waals surface area contributed by atoms with E-state index >= 15 is 0 Å². The first-order valence-electron chi connectivity index (χ1n) is 35.9. The van der Waals surface area contributed by atoms with Crippen LogP contribution >= 0.6 is 0 Å². The predicted octanol–water partition coefficient (Wildman–Crippen LogP) is 15.7. The molecule has 8 aromatic carbocycles. The highest BCUT2D eigenvalue weighted by Gasteiger charge is 2.45. The van der Waals surface area contributed by atoms with Gasteiger partial charge in [-0.15, -0.1) is 0 Å². The van der Waals surface area contributed by atoms with Gasteiger partial charge < -0.3 is 20.7 Å². The molecule has 104 heavy (non-hydrogen) atoms. The van der Waals surface area contributed by atoms with Gasteiger partial charge in [-0.25, -0.2) is 0 Å². The Kier molecular flexibility index (Phi) is 19.2. The van der Waals surface area contributed by atoms with Gasteiger partial charge in [-0.1, -0.05) is 192 Å². The Balaban J connectivity index is 0.000000123. The third kappa shape index (κ3) is 12.8. The van der Waals surface area contributed by atoms with Crippen LogP contribution in [0.15, 0.2) is 286 Å². The van der Waals surface area contributed by atoms with Crippen molar-refractivity contribution in [1.29, 1.82) is 0 Å². The summed E-state index contributed by atoms with van der Waals surface area (Å²) >= 11 is 0. The number of nitrogen functional groups attached to an aromatic ring is 1. The highest BCUT2D eigenvalue weighted by atomic mass is 28.3. The first-order valence-corrected chi connectivity index (χ1v) is 47.9. The van der Waals surface area contributed by atoms with Crippen molar-refractivity contribution in [3.8, 4) is 5.75 Å². The van der Waals surface area contributed by atoms with Gasteiger partial charge in [0.2, 0.25) is 0 Å². The van der Waals surface area contributed by atoms with Crippen LogP contribution in [-0.2, 0) is 14.4 Å². The van der Waals surface area contributed by atoms with Gasteiger partial charge in [0.25, 0.3) is 0 Å². The van der Waals surface area contributed by atoms with E-state index in [9.17, 15) is 14.4 Å². The number of rotatable bonds is 7. The number of anilines is 3. The summed E-state index contributed by atoms with van der Waals surface area (Å²) in [5.74, 6) is 1.20. The number of hydrogen-bond donors (Lipinski definition) is 3. The van der Waals surface area contributed by atoms with Crippen LogP contribution < -0.4 is 46.8 Å². The molecule has 4 heterocycles. The Bertz CT molecular complexity index is 5280. The topological polar surface area (TPSA) is 127 Å². The van der Waals surface area contributed by atoms with Crippen LogP contribution in [0, 0.1) is 27.7 Å². The Hall–Kier alpha value is -10.6. The van der Waals surface area contributed by atoms with Gasteiger partial charge in [-0.3, -0.25) is 19.8 Å². The number of methoxy groups -OCH3 is 1. The number of fused-ring (bicyclic) bond motifs is 8. The average Bonchev–Trinajstić information content (AvgIpc) is 0.748. The van der Waals surface area contributed by atoms with Gasteiger partial charge >= 0.3 is 0 Å². The van der Waals surface area contributed by atoms with Crippen molar-refractivity contribution in [2.45, 2.75) is 80.1 Å². The zero-order valence-corrected chi connectivity index (χ0v) is 66.8. The van der Waals surface area contributed by atoms with Crippen LogP contribution in [0.3, 0.4) is 0 Å². The third-order valence-corrected chi connectivity index (χ3v) is 36.4. The minimum atomic E-state index is -1.99. The number of allylic oxidation sites excluding steroid dienone is 20. The van der Waals surface area contributed by atoms with Crippen molar-refractivity contribution >= 4 is 115 Å². The van der Waals surface area contributed by atoms with Crippen LogP contribution in [-0.4, -0.2) is 83.6 Å². The number of carbonyl (C=O) groups excluding carboxylic acids is 3. The van der Waals surface area contributed by atoms with Crippen LogP contribution in [0.4, 0.5) is 17.1 Å². The number of benzene rings is 8. The predicted molar refractivity (Wildman–Crippen MR) is 449 cm³/mol. The molecule has 0 fully saturated rings. The van der Waals surface area contributed by atoms with Crippen molar-refractivity contribution in [3.05, 3.63) is 353 Å². The first-order chi connectivity index (χ1) is 49.6. The molecule has 0 saturated heterocycles. The van der Waals surface area contributed by atoms with Gasteiger partial charge in [-0.05, 0) is 272 Å². The molecule has 0 unspecified atom stereocenters. The molecular formula is C92H93N4O4Si4+. The smallest absolute Gasteiger partial charge is 0.196 e. The monoisotopic (exact) mass is 1430 g/mol. The molecule has 0 aromatic heterocycles. The lowest BCUT2D eigenvalue weighted by Gasteiger charge is -2.38. The molecule has 4 aliphatic heterocycles. The van der Waals surface area contributed by atoms with Crippen molar-refractivity contribution in [3.63, 3.8) is 0 Å². The minimum Gasteiger partial charge on any atom is -0.497 e. The standard InChI is InChI=1S/C24H25NOSi.2C23H23NOSi.C22H21NOSi/c1-16-8-6-7-9-19(16)24-20-12-10-17(25(2)3)14-22(20)27(4,5)23-15-18(26)11-13-21(23)24;1-15-7-5-6-8-18(15)23-19-11-9-16(24)13-21(19)26(3,4)22-14-17(25-2)10-12-20(22)23;1-15-7-5-6-8-18(15)23-19-11-9-16(24-2)13-21(19)26(3,4)22-14-17(25)10-12-20(22)23;1-14-6-4-5-7-17(14)22-18-10-8-15(23)12-20(18)25(2,3)21-13-16(24)9-11-19(21)22/h6-15H,1-5H3;2*5-14,24H,1-4H3;4-13H,23H2,1-3H3/p+1. The fourth-order valence-electron chi connectivity index (χ4n) is 16.5. The SMILES string of the molecule is CNc1ccc2c(c1)[Si](C)(C)C1=CC(=O)C=CC1=C2c1ccccc1C.COc1ccc2c(c1)[Si](C)(C)C1=CC(=[NH2+])C=CC1=C2c1ccccc1C.Cc1ccccc1C1=C2C=CC(=O)C=C2[Si](C)(C)c2cc(N(C)C)ccc21.Cc1ccccc1C1=C2C=CC(=O)C=C2[Si](C)(C)c2cc(N)ccc21. The Morgan fingerprint density at radius 3 is 1.08 bits per heavy atom. The summed E-state index contributed by atoms with van der Waals surface area (Å²) in [5.41, 5.74) is 35.3. The minimum absolute atomic E-state index is 0.0795. The second-order valence-electron chi connectivity index (χ2n) is 30.5. The molecule has 8 aromatic rings. The number of ether oxygens (including phenoxy) is 1. The molecule has 520 valence electrons. The van der Waals surface area contributed by atoms with Crippen LogP contribution in [0.1, 0.15) is 66.8 Å². The van der Waals surface area contributed by atoms with Crippen LogP contribution in [0.25, 0.3) is 22.3 Å². The summed E-state index contributed by atoms with van der Waals surface area (Å²) in [4.78, 5) is 38.7. The summed E-state index contributed by atoms with van der Waals surface area (Å²) < 4.78 is 5.54. The van der Waals surface area contributed by atoms with Crippen molar-refractivity contribution in [2.24, 2.45) is 0 Å². The average molecular weight is 1430 g/mol. The number of nitrogens with one attached hydrogen (secondary N) is 1. The van der Waals surface area contributed by atoms with E-state index < -0.39 is 32.3 Å². The van der Waals surface area contributed by atoms with E-state index in [0.717, 1.165) is 22.8 Å². The van der Waals surface area contributed by atoms with E-state index in [1.54, 1.807) is 25.3 Å². The molecule has 12 heteroatoms. The lowest BCUT2D eigenvalue weighted by Crippen LogP contribution is -2.50. The quantitative estimate of drug-likeness (QED) is 0.107. The highest BCUT2D eigenvalue weighted by Crippen LogP contribution is 2.47. The maximum atomic E-state index is 12.2. The Morgan fingerprint density at radius 1 is 0.375 bits per heavy atom. The second kappa shape index (κ2) is 27.9. The van der Waals surface area contributed by atoms with Gasteiger partial charge in [0.15, 0.2) is 23.1 Å². The Morgan fingerprint density at radius 2 is 0.702 bits per heavy atom. The number of aryl methyl sites for hydroxylation is 4. The molecule has 5 N–H and O–H groups in total. The molecule has 0 saturated carbocycles. The van der Waals surface area contributed by atoms with E-state index in [1.165, 1.54) is 159 Å². The molecule has 0 atom stereocenters. The lowest BCUT2D eigenvalue weighted by atomic mass is 9.88. The molecule has 0 bridgehead atoms. The number of carbonyl (C=O) groups is 3. The maximum Gasteiger partial charge on any atom is 0.196 e. The van der Waals surface area contributed by atoms with Crippen molar-refractivity contribution < 1.29 is 24.5 Å². The van der Waals surface area contributed by atoms with E-state index in [2.05, 4.69) is 280 Å². The summed E-state index contributed by atoms with van der Waals surface area (Å²) in [6.07, 6.45) is 23.2. The van der Waals surface area contributed by atoms with Crippen molar-refractivity contribution in [2.75, 3.05) is 44.2 Å². The normalized spacial score (nSPS) is 17.6. The van der Waals surface area contributed by atoms with E-state index in [-0.39, 0.29) is 17.3 Å². The van der Waals surface area contributed by atoms with E-state index in [0.29, 0.717) is 0 Å². The molecule has 16 rings (SSSR count). The lowest BCUT2D eigenvalue weighted by molar-refractivity contribution is -0.111. The number of hydrogen-bond acceptors (Lipinski definition) is 7. The summed E-state index contributed by atoms with van der Waals surface area (Å²) in [6.45, 7) is 27.5. The van der Waals surface area contributed by atoms with E-state index in [4.69, 9.17) is 15.9 Å². The van der Waals surface area contributed by atoms with Crippen molar-refractivity contribution in [1.82, 2.24) is 0 Å². The summed E-state index contributed by atoms with van der Waals surface area (Å²) in [7, 11) is 0.0276. The maximum absolute atomic E-state index is 12.2. The van der Waals surface area contributed by atoms with Gasteiger partial charge in [0.05, 0.1) is 7.11 Å². The van der Waals surface area contributed by atoms with E-state index in [1.807, 2.05) is 55.6 Å². The molecule has 8 nitrogen and oxygen atoms in total. The van der Waals surface area contributed by atoms with Gasteiger partial charge in [0, 0.05) is 50.4 Å². The summed E-state index contributed by atoms with van der Waals surface area (Å²) in [5, 5.41) is 20.1. The number of ketones is 3. The van der Waals surface area contributed by atoms with Gasteiger partial charge in [-0.2, -0.15) is 0 Å². The van der Waals surface area contributed by atoms with Gasteiger partial charge in [0.1, 0.15) is 38.0 Å². The molecule has 0 radical (unpaired) electrons. The van der Waals surface area contributed by atoms with Crippen LogP contribution in [0.2, 0.25) is 52.4 Å². The molecule has 8 aliphatic rings. The Labute approximate surface area is 618 Å². The van der Waals surface area contributed by atoms with Crippen LogP contribution in [0.5, 0.6) is 5.75 Å². The summed E-state index contributed by atoms with van der Waals surface area (Å²) in [6, 6.07) is 60.4. The number of nitrogens with zero attached hydrogens (tertiary/aromatic N) is 1.